The first-order valence-electron chi connectivity index (χ1n) is 6.77. The molecule has 0 heterocycles. The summed E-state index contributed by atoms with van der Waals surface area (Å²) in [5, 5.41) is 3.03. The maximum atomic E-state index is 12.3. The molecule has 1 fully saturated rings. The van der Waals surface area contributed by atoms with E-state index >= 15 is 0 Å². The number of hydrogen-bond acceptors (Lipinski definition) is 3. The van der Waals surface area contributed by atoms with Gasteiger partial charge in [-0.2, -0.15) is 0 Å². The van der Waals surface area contributed by atoms with E-state index < -0.39 is 10.0 Å². The molecule has 0 spiro atoms. The Morgan fingerprint density at radius 2 is 2.11 bits per heavy atom. The summed E-state index contributed by atoms with van der Waals surface area (Å²) in [7, 11) is -1.54. The first-order valence-corrected chi connectivity index (χ1v) is 8.25. The Bertz CT molecular complexity index is 528. The van der Waals surface area contributed by atoms with E-state index in [2.05, 4.69) is 17.0 Å². The summed E-state index contributed by atoms with van der Waals surface area (Å²) < 4.78 is 27.5. The summed E-state index contributed by atoms with van der Waals surface area (Å²) in [6.45, 7) is 2.84. The number of sulfonamides is 1. The maximum Gasteiger partial charge on any atom is 0.240 e. The van der Waals surface area contributed by atoms with Gasteiger partial charge in [-0.25, -0.2) is 13.1 Å². The van der Waals surface area contributed by atoms with Crippen molar-refractivity contribution in [1.82, 2.24) is 10.0 Å². The Morgan fingerprint density at radius 1 is 1.32 bits per heavy atom. The van der Waals surface area contributed by atoms with Gasteiger partial charge in [-0.3, -0.25) is 0 Å². The molecule has 2 rings (SSSR count). The molecule has 1 aromatic rings. The fourth-order valence-electron chi connectivity index (χ4n) is 2.63. The second kappa shape index (κ2) is 6.03. The third kappa shape index (κ3) is 3.78. The Hall–Kier alpha value is -0.910. The number of hydrogen-bond donors (Lipinski definition) is 2. The van der Waals surface area contributed by atoms with Crippen LogP contribution >= 0.6 is 0 Å². The number of benzene rings is 1. The summed E-state index contributed by atoms with van der Waals surface area (Å²) in [6.07, 6.45) is 2.99. The molecule has 19 heavy (non-hydrogen) atoms. The van der Waals surface area contributed by atoms with E-state index in [1.165, 1.54) is 0 Å². The first kappa shape index (κ1) is 14.5. The van der Waals surface area contributed by atoms with Gasteiger partial charge >= 0.3 is 0 Å². The molecule has 106 valence electrons. The lowest BCUT2D eigenvalue weighted by Crippen LogP contribution is -2.33. The maximum absolute atomic E-state index is 12.3. The lowest BCUT2D eigenvalue weighted by atomic mass is 10.1. The van der Waals surface area contributed by atoms with Crippen LogP contribution in [-0.4, -0.2) is 21.5 Å². The van der Waals surface area contributed by atoms with Crippen LogP contribution in [-0.2, 0) is 16.6 Å². The molecule has 2 N–H and O–H groups in total. The van der Waals surface area contributed by atoms with E-state index in [1.807, 2.05) is 13.1 Å². The standard InChI is InChI=1S/C14H22N2O2S/c1-11-6-7-13(8-11)16-19(17,18)14-5-3-4-12(9-14)10-15-2/h3-5,9,11,13,15-16H,6-8,10H2,1-2H3. The topological polar surface area (TPSA) is 58.2 Å². The largest absolute Gasteiger partial charge is 0.316 e. The van der Waals surface area contributed by atoms with Crippen molar-refractivity contribution >= 4 is 10.0 Å². The highest BCUT2D eigenvalue weighted by molar-refractivity contribution is 7.89. The lowest BCUT2D eigenvalue weighted by molar-refractivity contribution is 0.538. The van der Waals surface area contributed by atoms with Crippen molar-refractivity contribution in [2.24, 2.45) is 5.92 Å². The molecule has 1 aromatic carbocycles. The second-order valence-electron chi connectivity index (χ2n) is 5.41. The van der Waals surface area contributed by atoms with Crippen molar-refractivity contribution in [3.8, 4) is 0 Å². The quantitative estimate of drug-likeness (QED) is 0.867. The van der Waals surface area contributed by atoms with Crippen LogP contribution in [0.25, 0.3) is 0 Å². The van der Waals surface area contributed by atoms with E-state index in [1.54, 1.807) is 18.2 Å². The van der Waals surface area contributed by atoms with Crippen LogP contribution in [0.4, 0.5) is 0 Å². The van der Waals surface area contributed by atoms with E-state index in [4.69, 9.17) is 0 Å². The van der Waals surface area contributed by atoms with Crippen molar-refractivity contribution in [1.29, 1.82) is 0 Å². The van der Waals surface area contributed by atoms with Crippen molar-refractivity contribution in [2.45, 2.75) is 43.7 Å². The van der Waals surface area contributed by atoms with E-state index in [0.29, 0.717) is 17.4 Å². The van der Waals surface area contributed by atoms with Gasteiger partial charge in [0.25, 0.3) is 0 Å². The fraction of sp³-hybridized carbons (Fsp3) is 0.571. The molecule has 4 nitrogen and oxygen atoms in total. The van der Waals surface area contributed by atoms with Gasteiger partial charge in [0.05, 0.1) is 4.90 Å². The van der Waals surface area contributed by atoms with Gasteiger partial charge in [-0.1, -0.05) is 19.1 Å². The van der Waals surface area contributed by atoms with Crippen LogP contribution < -0.4 is 10.0 Å². The molecule has 1 aliphatic rings. The Morgan fingerprint density at radius 3 is 2.74 bits per heavy atom. The molecule has 0 radical (unpaired) electrons. The summed E-state index contributed by atoms with van der Waals surface area (Å²) in [5.41, 5.74) is 0.977. The molecule has 0 aromatic heterocycles. The molecule has 0 aliphatic heterocycles. The summed E-state index contributed by atoms with van der Waals surface area (Å²) in [6, 6.07) is 7.19. The van der Waals surface area contributed by atoms with Gasteiger partial charge in [0, 0.05) is 12.6 Å². The average molecular weight is 282 g/mol. The van der Waals surface area contributed by atoms with Crippen LogP contribution in [0.3, 0.4) is 0 Å². The molecular weight excluding hydrogens is 260 g/mol. The minimum Gasteiger partial charge on any atom is -0.316 e. The van der Waals surface area contributed by atoms with Crippen molar-refractivity contribution < 1.29 is 8.42 Å². The van der Waals surface area contributed by atoms with Crippen LogP contribution in [0, 0.1) is 5.92 Å². The highest BCUT2D eigenvalue weighted by Gasteiger charge is 2.26. The van der Waals surface area contributed by atoms with Crippen molar-refractivity contribution in [2.75, 3.05) is 7.05 Å². The lowest BCUT2D eigenvalue weighted by Gasteiger charge is -2.13. The normalized spacial score (nSPS) is 23.7. The Kier molecular flexibility index (Phi) is 4.60. The van der Waals surface area contributed by atoms with Crippen molar-refractivity contribution in [3.05, 3.63) is 29.8 Å². The molecule has 2 unspecified atom stereocenters. The van der Waals surface area contributed by atoms with E-state index in [-0.39, 0.29) is 6.04 Å². The number of rotatable bonds is 5. The minimum atomic E-state index is -3.39. The third-order valence-electron chi connectivity index (χ3n) is 3.61. The van der Waals surface area contributed by atoms with Crippen LogP contribution in [0.1, 0.15) is 31.7 Å². The highest BCUT2D eigenvalue weighted by Crippen LogP contribution is 2.26. The predicted octanol–water partition coefficient (Wildman–Crippen LogP) is 1.87. The van der Waals surface area contributed by atoms with Gasteiger partial charge in [0.15, 0.2) is 0 Å². The van der Waals surface area contributed by atoms with E-state index in [9.17, 15) is 8.42 Å². The molecule has 2 atom stereocenters. The van der Waals surface area contributed by atoms with Gasteiger partial charge in [-0.05, 0) is 49.9 Å². The summed E-state index contributed by atoms with van der Waals surface area (Å²) >= 11 is 0. The Balaban J connectivity index is 2.12. The van der Waals surface area contributed by atoms with Crippen LogP contribution in [0.15, 0.2) is 29.2 Å². The predicted molar refractivity (Wildman–Crippen MR) is 76.3 cm³/mol. The average Bonchev–Trinajstić information content (AvgIpc) is 2.75. The van der Waals surface area contributed by atoms with Gasteiger partial charge in [-0.15, -0.1) is 0 Å². The first-order chi connectivity index (χ1) is 9.01. The van der Waals surface area contributed by atoms with E-state index in [0.717, 1.165) is 24.8 Å². The summed E-state index contributed by atoms with van der Waals surface area (Å²) in [4.78, 5) is 0.361. The van der Waals surface area contributed by atoms with Crippen LogP contribution in [0.2, 0.25) is 0 Å². The SMILES string of the molecule is CNCc1cccc(S(=O)(=O)NC2CCC(C)C2)c1. The fourth-order valence-corrected chi connectivity index (χ4v) is 3.98. The molecule has 0 saturated heterocycles. The molecule has 0 bridgehead atoms. The smallest absolute Gasteiger partial charge is 0.240 e. The van der Waals surface area contributed by atoms with Gasteiger partial charge in [0.2, 0.25) is 10.0 Å². The number of nitrogens with one attached hydrogen (secondary N) is 2. The molecule has 5 heteroatoms. The second-order valence-corrected chi connectivity index (χ2v) is 7.13. The molecule has 1 aliphatic carbocycles. The highest BCUT2D eigenvalue weighted by atomic mass is 32.2. The van der Waals surface area contributed by atoms with Gasteiger partial charge in [0.1, 0.15) is 0 Å². The summed E-state index contributed by atoms with van der Waals surface area (Å²) in [5.74, 6) is 0.614. The monoisotopic (exact) mass is 282 g/mol. The van der Waals surface area contributed by atoms with Crippen molar-refractivity contribution in [3.63, 3.8) is 0 Å². The minimum absolute atomic E-state index is 0.0907. The Labute approximate surface area is 115 Å². The third-order valence-corrected chi connectivity index (χ3v) is 5.12. The zero-order valence-corrected chi connectivity index (χ0v) is 12.3. The zero-order chi connectivity index (χ0) is 13.9. The molecule has 1 saturated carbocycles. The van der Waals surface area contributed by atoms with Crippen LogP contribution in [0.5, 0.6) is 0 Å². The molecular formula is C14H22N2O2S. The molecule has 0 amide bonds. The zero-order valence-electron chi connectivity index (χ0n) is 11.5. The van der Waals surface area contributed by atoms with Gasteiger partial charge < -0.3 is 5.32 Å².